The highest BCUT2D eigenvalue weighted by atomic mass is 35.5. The number of nitrogens with zero attached hydrogens (tertiary/aromatic N) is 1. The van der Waals surface area contributed by atoms with Crippen LogP contribution in [-0.2, 0) is 23.7 Å². The lowest BCUT2D eigenvalue weighted by atomic mass is 10.3. The van der Waals surface area contributed by atoms with E-state index in [0.29, 0.717) is 5.69 Å². The number of aromatic nitrogens is 1. The summed E-state index contributed by atoms with van der Waals surface area (Å²) in [5.41, 5.74) is 0.540. The number of nitrogens with one attached hydrogen (secondary N) is 1. The third-order valence-corrected chi connectivity index (χ3v) is 4.38. The van der Waals surface area contributed by atoms with Crippen molar-refractivity contribution in [2.45, 2.75) is 11.5 Å². The average molecular weight is 319 g/mol. The number of benzene rings is 1. The topological polar surface area (TPSA) is 71.3 Å². The van der Waals surface area contributed by atoms with E-state index in [1.807, 2.05) is 0 Å². The largest absolute Gasteiger partial charge is 0.390 e. The monoisotopic (exact) mass is 318 g/mol. The highest BCUT2D eigenvalue weighted by Crippen LogP contribution is 2.25. The SMILES string of the molecule is Cn1cc(S(=O)(=O)Nc2ccc(F)cc2Cl)cc1CO. The van der Waals surface area contributed by atoms with Gasteiger partial charge in [-0.05, 0) is 24.3 Å². The van der Waals surface area contributed by atoms with Crippen molar-refractivity contribution in [2.24, 2.45) is 7.05 Å². The standard InChI is InChI=1S/C12H12ClFN2O3S/c1-16-6-10(5-9(16)7-17)20(18,19)15-12-3-2-8(14)4-11(12)13/h2-6,15,17H,7H2,1H3. The van der Waals surface area contributed by atoms with Gasteiger partial charge < -0.3 is 9.67 Å². The Labute approximate surface area is 120 Å². The zero-order chi connectivity index (χ0) is 14.9. The van der Waals surface area contributed by atoms with Gasteiger partial charge in [0.15, 0.2) is 0 Å². The summed E-state index contributed by atoms with van der Waals surface area (Å²) < 4.78 is 41.0. The molecule has 2 aromatic rings. The van der Waals surface area contributed by atoms with Gasteiger partial charge >= 0.3 is 0 Å². The molecule has 0 aliphatic carbocycles. The van der Waals surface area contributed by atoms with Crippen LogP contribution in [0.3, 0.4) is 0 Å². The Morgan fingerprint density at radius 2 is 2.10 bits per heavy atom. The van der Waals surface area contributed by atoms with Gasteiger partial charge in [0.1, 0.15) is 10.7 Å². The number of rotatable bonds is 4. The van der Waals surface area contributed by atoms with Crippen molar-refractivity contribution < 1.29 is 17.9 Å². The second-order valence-electron chi connectivity index (χ2n) is 4.17. The van der Waals surface area contributed by atoms with Crippen molar-refractivity contribution in [3.8, 4) is 0 Å². The van der Waals surface area contributed by atoms with Gasteiger partial charge in [-0.25, -0.2) is 12.8 Å². The van der Waals surface area contributed by atoms with Crippen molar-refractivity contribution in [3.05, 3.63) is 47.0 Å². The molecule has 0 fully saturated rings. The van der Waals surface area contributed by atoms with E-state index in [2.05, 4.69) is 4.72 Å². The van der Waals surface area contributed by atoms with E-state index in [4.69, 9.17) is 16.7 Å². The highest BCUT2D eigenvalue weighted by Gasteiger charge is 2.18. The van der Waals surface area contributed by atoms with Crippen LogP contribution in [0.4, 0.5) is 10.1 Å². The van der Waals surface area contributed by atoms with Gasteiger partial charge in [0.05, 0.1) is 17.3 Å². The van der Waals surface area contributed by atoms with Crippen LogP contribution in [0.1, 0.15) is 5.69 Å². The molecule has 20 heavy (non-hydrogen) atoms. The van der Waals surface area contributed by atoms with Gasteiger partial charge in [-0.1, -0.05) is 11.6 Å². The number of hydrogen-bond acceptors (Lipinski definition) is 3. The Balaban J connectivity index is 2.35. The lowest BCUT2D eigenvalue weighted by Gasteiger charge is -2.08. The predicted molar refractivity (Wildman–Crippen MR) is 73.6 cm³/mol. The summed E-state index contributed by atoms with van der Waals surface area (Å²) >= 11 is 5.77. The van der Waals surface area contributed by atoms with Crippen LogP contribution in [0.25, 0.3) is 0 Å². The molecule has 0 atom stereocenters. The maximum atomic E-state index is 12.9. The molecule has 0 unspecified atom stereocenters. The first-order chi connectivity index (χ1) is 9.33. The van der Waals surface area contributed by atoms with Gasteiger partial charge in [0.25, 0.3) is 10.0 Å². The average Bonchev–Trinajstić information content (AvgIpc) is 2.75. The van der Waals surface area contributed by atoms with E-state index in [1.54, 1.807) is 7.05 Å². The molecule has 2 rings (SSSR count). The summed E-state index contributed by atoms with van der Waals surface area (Å²) in [6.07, 6.45) is 1.37. The number of aliphatic hydroxyl groups excluding tert-OH is 1. The Morgan fingerprint density at radius 1 is 1.40 bits per heavy atom. The molecule has 1 aromatic heterocycles. The van der Waals surface area contributed by atoms with Crippen molar-refractivity contribution in [1.29, 1.82) is 0 Å². The molecule has 5 nitrogen and oxygen atoms in total. The molecule has 108 valence electrons. The van der Waals surface area contributed by atoms with Crippen molar-refractivity contribution in [3.63, 3.8) is 0 Å². The lowest BCUT2D eigenvalue weighted by Crippen LogP contribution is -2.12. The molecule has 1 aromatic carbocycles. The molecule has 0 aliphatic heterocycles. The quantitative estimate of drug-likeness (QED) is 0.907. The van der Waals surface area contributed by atoms with Crippen molar-refractivity contribution >= 4 is 27.3 Å². The number of anilines is 1. The third kappa shape index (κ3) is 2.95. The second kappa shape index (κ2) is 5.43. The molecular formula is C12H12ClFN2O3S. The first kappa shape index (κ1) is 14.8. The fraction of sp³-hybridized carbons (Fsp3) is 0.167. The maximum Gasteiger partial charge on any atom is 0.263 e. The molecule has 1 heterocycles. The van der Waals surface area contributed by atoms with E-state index >= 15 is 0 Å². The fourth-order valence-corrected chi connectivity index (χ4v) is 3.10. The van der Waals surface area contributed by atoms with Crippen LogP contribution in [0, 0.1) is 5.82 Å². The molecule has 0 amide bonds. The second-order valence-corrected chi connectivity index (χ2v) is 6.26. The summed E-state index contributed by atoms with van der Waals surface area (Å²) in [5, 5.41) is 9.03. The van der Waals surface area contributed by atoms with Gasteiger partial charge in [-0.3, -0.25) is 4.72 Å². The zero-order valence-electron chi connectivity index (χ0n) is 10.5. The Hall–Kier alpha value is -1.57. The van der Waals surface area contributed by atoms with E-state index in [-0.39, 0.29) is 22.2 Å². The third-order valence-electron chi connectivity index (χ3n) is 2.73. The van der Waals surface area contributed by atoms with Gasteiger partial charge in [-0.15, -0.1) is 0 Å². The van der Waals surface area contributed by atoms with Crippen LogP contribution in [0.15, 0.2) is 35.4 Å². The molecule has 0 bridgehead atoms. The van der Waals surface area contributed by atoms with Crippen LogP contribution >= 0.6 is 11.6 Å². The number of aliphatic hydroxyl groups is 1. The van der Waals surface area contributed by atoms with Crippen molar-refractivity contribution in [1.82, 2.24) is 4.57 Å². The Morgan fingerprint density at radius 3 is 2.65 bits per heavy atom. The smallest absolute Gasteiger partial charge is 0.263 e. The normalized spacial score (nSPS) is 11.6. The van der Waals surface area contributed by atoms with E-state index in [0.717, 1.165) is 12.1 Å². The van der Waals surface area contributed by atoms with Crippen molar-refractivity contribution in [2.75, 3.05) is 4.72 Å². The molecule has 0 radical (unpaired) electrons. The minimum Gasteiger partial charge on any atom is -0.390 e. The van der Waals surface area contributed by atoms with Crippen LogP contribution in [0.5, 0.6) is 0 Å². The van der Waals surface area contributed by atoms with Gasteiger partial charge in [0.2, 0.25) is 0 Å². The summed E-state index contributed by atoms with van der Waals surface area (Å²) in [7, 11) is -2.23. The maximum absolute atomic E-state index is 12.9. The van der Waals surface area contributed by atoms with Crippen LogP contribution < -0.4 is 4.72 Å². The first-order valence-electron chi connectivity index (χ1n) is 5.57. The van der Waals surface area contributed by atoms with E-state index in [9.17, 15) is 12.8 Å². The Bertz CT molecular complexity index is 743. The van der Waals surface area contributed by atoms with E-state index in [1.165, 1.54) is 22.9 Å². The van der Waals surface area contributed by atoms with Crippen LogP contribution in [0.2, 0.25) is 5.02 Å². The number of hydrogen-bond donors (Lipinski definition) is 2. The predicted octanol–water partition coefficient (Wildman–Crippen LogP) is 2.11. The lowest BCUT2D eigenvalue weighted by molar-refractivity contribution is 0.272. The summed E-state index contributed by atoms with van der Waals surface area (Å²) in [5.74, 6) is -0.555. The molecule has 0 aliphatic rings. The minimum atomic E-state index is -3.85. The molecular weight excluding hydrogens is 307 g/mol. The molecule has 0 saturated carbocycles. The Kier molecular flexibility index (Phi) is 4.03. The minimum absolute atomic E-state index is 0.00978. The molecule has 0 spiro atoms. The van der Waals surface area contributed by atoms with Gasteiger partial charge in [0, 0.05) is 18.9 Å². The van der Waals surface area contributed by atoms with Crippen LogP contribution in [-0.4, -0.2) is 18.1 Å². The zero-order valence-corrected chi connectivity index (χ0v) is 12.0. The summed E-state index contributed by atoms with van der Waals surface area (Å²) in [6.45, 7) is -0.274. The fourth-order valence-electron chi connectivity index (χ4n) is 1.66. The molecule has 0 saturated heterocycles. The van der Waals surface area contributed by atoms with Gasteiger partial charge in [-0.2, -0.15) is 0 Å². The first-order valence-corrected chi connectivity index (χ1v) is 7.43. The number of aryl methyl sites for hydroxylation is 1. The van der Waals surface area contributed by atoms with E-state index < -0.39 is 15.8 Å². The number of halogens is 2. The number of sulfonamides is 1. The molecule has 2 N–H and O–H groups in total. The summed E-state index contributed by atoms with van der Waals surface area (Å²) in [6, 6.07) is 4.71. The highest BCUT2D eigenvalue weighted by molar-refractivity contribution is 7.92. The molecule has 8 heteroatoms. The summed E-state index contributed by atoms with van der Waals surface area (Å²) in [4.78, 5) is -0.00978.